The monoisotopic (exact) mass is 282 g/mol. The second-order valence-electron chi connectivity index (χ2n) is 7.69. The van der Waals surface area contributed by atoms with Gasteiger partial charge in [0.1, 0.15) is 5.60 Å². The summed E-state index contributed by atoms with van der Waals surface area (Å²) in [5.41, 5.74) is 5.89. The van der Waals surface area contributed by atoms with Crippen molar-refractivity contribution >= 4 is 6.09 Å². The van der Waals surface area contributed by atoms with Gasteiger partial charge in [-0.15, -0.1) is 0 Å². The third-order valence-electron chi connectivity index (χ3n) is 4.35. The molecule has 1 atom stereocenters. The number of nitrogens with two attached hydrogens (primary N) is 1. The second-order valence-corrected chi connectivity index (χ2v) is 7.69. The van der Waals surface area contributed by atoms with Gasteiger partial charge in [0.15, 0.2) is 0 Å². The number of likely N-dealkylation sites (tertiary alicyclic amines) is 1. The van der Waals surface area contributed by atoms with E-state index in [1.54, 1.807) is 0 Å². The van der Waals surface area contributed by atoms with Crippen LogP contribution in [-0.4, -0.2) is 35.2 Å². The van der Waals surface area contributed by atoms with Gasteiger partial charge in [-0.25, -0.2) is 4.79 Å². The van der Waals surface area contributed by atoms with Gasteiger partial charge in [-0.1, -0.05) is 6.42 Å². The summed E-state index contributed by atoms with van der Waals surface area (Å²) in [6.45, 7) is 7.45. The maximum atomic E-state index is 12.1. The maximum absolute atomic E-state index is 12.1. The first kappa shape index (κ1) is 15.6. The first-order valence-electron chi connectivity index (χ1n) is 8.04. The average molecular weight is 282 g/mol. The highest BCUT2D eigenvalue weighted by Gasteiger charge is 2.37. The van der Waals surface area contributed by atoms with Gasteiger partial charge in [-0.2, -0.15) is 0 Å². The van der Waals surface area contributed by atoms with Gasteiger partial charge in [0.25, 0.3) is 0 Å². The van der Waals surface area contributed by atoms with Crippen LogP contribution in [0.15, 0.2) is 0 Å². The molecule has 0 bridgehead atoms. The molecule has 1 aliphatic carbocycles. The van der Waals surface area contributed by atoms with Crippen molar-refractivity contribution in [2.75, 3.05) is 13.1 Å². The van der Waals surface area contributed by atoms with Crippen LogP contribution in [0.3, 0.4) is 0 Å². The lowest BCUT2D eigenvalue weighted by molar-refractivity contribution is 0.0160. The van der Waals surface area contributed by atoms with Gasteiger partial charge < -0.3 is 15.4 Å². The van der Waals surface area contributed by atoms with E-state index in [0.717, 1.165) is 25.9 Å². The Bertz CT molecular complexity index is 345. The molecular formula is C16H30N2O2. The summed E-state index contributed by atoms with van der Waals surface area (Å²) in [4.78, 5) is 14.0. The van der Waals surface area contributed by atoms with E-state index in [2.05, 4.69) is 0 Å². The summed E-state index contributed by atoms with van der Waals surface area (Å²) in [5, 5.41) is 0. The molecule has 2 rings (SSSR count). The number of hydrogen-bond donors (Lipinski definition) is 1. The van der Waals surface area contributed by atoms with E-state index >= 15 is 0 Å². The molecular weight excluding hydrogens is 252 g/mol. The number of carbonyl (C=O) groups is 1. The highest BCUT2D eigenvalue weighted by Crippen LogP contribution is 2.37. The molecule has 20 heavy (non-hydrogen) atoms. The normalized spacial score (nSPS) is 25.4. The van der Waals surface area contributed by atoms with Crippen LogP contribution in [-0.2, 0) is 4.74 Å². The third kappa shape index (κ3) is 4.97. The standard InChI is InChI=1S/C16H30N2O2/c1-15(2,3)20-14(19)18-11-5-7-13(12-18)6-4-8-16(17)9-10-16/h13H,4-12,17H2,1-3H3. The number of amides is 1. The number of carbonyl (C=O) groups excluding carboxylic acids is 1. The van der Waals surface area contributed by atoms with Gasteiger partial charge in [-0.3, -0.25) is 0 Å². The summed E-state index contributed by atoms with van der Waals surface area (Å²) in [7, 11) is 0. The van der Waals surface area contributed by atoms with Crippen LogP contribution in [0.1, 0.15) is 65.7 Å². The molecule has 1 unspecified atom stereocenters. The fourth-order valence-corrected chi connectivity index (χ4v) is 2.95. The highest BCUT2D eigenvalue weighted by atomic mass is 16.6. The van der Waals surface area contributed by atoms with Crippen molar-refractivity contribution in [3.05, 3.63) is 0 Å². The molecule has 0 radical (unpaired) electrons. The maximum Gasteiger partial charge on any atom is 0.410 e. The number of ether oxygens (including phenoxy) is 1. The Kier molecular flexibility index (Phi) is 4.62. The molecule has 2 N–H and O–H groups in total. The van der Waals surface area contributed by atoms with E-state index in [4.69, 9.17) is 10.5 Å². The Morgan fingerprint density at radius 1 is 1.40 bits per heavy atom. The van der Waals surface area contributed by atoms with Crippen molar-refractivity contribution < 1.29 is 9.53 Å². The predicted octanol–water partition coefficient (Wildman–Crippen LogP) is 3.30. The summed E-state index contributed by atoms with van der Waals surface area (Å²) < 4.78 is 5.46. The lowest BCUT2D eigenvalue weighted by Crippen LogP contribution is -2.42. The summed E-state index contributed by atoms with van der Waals surface area (Å²) in [6, 6.07) is 0. The SMILES string of the molecule is CC(C)(C)OC(=O)N1CCCC(CCCC2(N)CC2)C1. The van der Waals surface area contributed by atoms with Gasteiger partial charge in [0.2, 0.25) is 0 Å². The minimum atomic E-state index is -0.401. The Hall–Kier alpha value is -0.770. The summed E-state index contributed by atoms with van der Waals surface area (Å²) in [5.74, 6) is 0.624. The average Bonchev–Trinajstić information content (AvgIpc) is 3.06. The molecule has 1 heterocycles. The minimum Gasteiger partial charge on any atom is -0.444 e. The second kappa shape index (κ2) is 5.92. The molecule has 0 spiro atoms. The van der Waals surface area contributed by atoms with Crippen molar-refractivity contribution in [3.63, 3.8) is 0 Å². The van der Waals surface area contributed by atoms with Crippen LogP contribution < -0.4 is 5.73 Å². The summed E-state index contributed by atoms with van der Waals surface area (Å²) in [6.07, 6.45) is 8.11. The lowest BCUT2D eigenvalue weighted by Gasteiger charge is -2.34. The van der Waals surface area contributed by atoms with Gasteiger partial charge in [-0.05, 0) is 65.2 Å². The van der Waals surface area contributed by atoms with E-state index in [1.165, 1.54) is 32.1 Å². The van der Waals surface area contributed by atoms with Gasteiger partial charge >= 0.3 is 6.09 Å². The Morgan fingerprint density at radius 3 is 2.70 bits per heavy atom. The molecule has 4 heteroatoms. The van der Waals surface area contributed by atoms with Crippen molar-refractivity contribution in [2.45, 2.75) is 76.9 Å². The summed E-state index contributed by atoms with van der Waals surface area (Å²) >= 11 is 0. The quantitative estimate of drug-likeness (QED) is 0.860. The molecule has 2 aliphatic rings. The molecule has 0 aromatic rings. The van der Waals surface area contributed by atoms with Gasteiger partial charge in [0.05, 0.1) is 0 Å². The smallest absolute Gasteiger partial charge is 0.410 e. The van der Waals surface area contributed by atoms with E-state index in [-0.39, 0.29) is 11.6 Å². The third-order valence-corrected chi connectivity index (χ3v) is 4.35. The van der Waals surface area contributed by atoms with Crippen molar-refractivity contribution in [3.8, 4) is 0 Å². The fourth-order valence-electron chi connectivity index (χ4n) is 2.95. The lowest BCUT2D eigenvalue weighted by atomic mass is 9.92. The molecule has 4 nitrogen and oxygen atoms in total. The van der Waals surface area contributed by atoms with E-state index in [0.29, 0.717) is 5.92 Å². The van der Waals surface area contributed by atoms with E-state index < -0.39 is 5.60 Å². The molecule has 1 aliphatic heterocycles. The number of nitrogens with zero attached hydrogens (tertiary/aromatic N) is 1. The largest absolute Gasteiger partial charge is 0.444 e. The van der Waals surface area contributed by atoms with Crippen molar-refractivity contribution in [1.82, 2.24) is 4.90 Å². The van der Waals surface area contributed by atoms with Crippen LogP contribution in [0, 0.1) is 5.92 Å². The zero-order valence-corrected chi connectivity index (χ0v) is 13.3. The molecule has 1 amide bonds. The molecule has 2 fully saturated rings. The number of piperidine rings is 1. The molecule has 116 valence electrons. The molecule has 0 aromatic heterocycles. The van der Waals surface area contributed by atoms with E-state index in [1.807, 2.05) is 25.7 Å². The first-order chi connectivity index (χ1) is 9.27. The Morgan fingerprint density at radius 2 is 2.10 bits per heavy atom. The van der Waals surface area contributed by atoms with Crippen LogP contribution in [0.5, 0.6) is 0 Å². The topological polar surface area (TPSA) is 55.6 Å². The zero-order valence-electron chi connectivity index (χ0n) is 13.3. The van der Waals surface area contributed by atoms with Crippen LogP contribution in [0.2, 0.25) is 0 Å². The number of hydrogen-bond acceptors (Lipinski definition) is 3. The van der Waals surface area contributed by atoms with Gasteiger partial charge in [0, 0.05) is 18.6 Å². The van der Waals surface area contributed by atoms with Crippen LogP contribution in [0.4, 0.5) is 4.79 Å². The molecule has 1 saturated heterocycles. The first-order valence-corrected chi connectivity index (χ1v) is 8.04. The highest BCUT2D eigenvalue weighted by molar-refractivity contribution is 5.68. The Balaban J connectivity index is 1.72. The Labute approximate surface area is 123 Å². The number of rotatable bonds is 4. The van der Waals surface area contributed by atoms with Crippen molar-refractivity contribution in [1.29, 1.82) is 0 Å². The van der Waals surface area contributed by atoms with Crippen LogP contribution in [0.25, 0.3) is 0 Å². The van der Waals surface area contributed by atoms with E-state index in [9.17, 15) is 4.79 Å². The zero-order chi connectivity index (χ0) is 14.8. The minimum absolute atomic E-state index is 0.153. The fraction of sp³-hybridized carbons (Fsp3) is 0.938. The predicted molar refractivity (Wildman–Crippen MR) is 80.5 cm³/mol. The molecule has 1 saturated carbocycles. The molecule has 0 aromatic carbocycles. The van der Waals surface area contributed by atoms with Crippen molar-refractivity contribution in [2.24, 2.45) is 11.7 Å². The van der Waals surface area contributed by atoms with Crippen LogP contribution >= 0.6 is 0 Å².